The van der Waals surface area contributed by atoms with Gasteiger partial charge in [0.1, 0.15) is 55.9 Å². The van der Waals surface area contributed by atoms with E-state index in [1.807, 2.05) is 6.92 Å². The summed E-state index contributed by atoms with van der Waals surface area (Å²) in [7, 11) is 0. The standard InChI is InChI=1S/C21H38O14/c1-2-4-10(24)11(25)5-3-6-14(26)32-8-13-15(27)17(29)18(30)20(33-13)35-21(9-23)19(31)16(28)12(7-22)34-21/h10-13,15-20,22-25,27-31H,2-9H2,1H3/t10?,11?,12-,13?,15-,16+,17+,18?,19?,20-,21+/m1/s1. The molecule has 2 aliphatic heterocycles. The van der Waals surface area contributed by atoms with Crippen molar-refractivity contribution in [2.75, 3.05) is 19.8 Å². The van der Waals surface area contributed by atoms with Crippen molar-refractivity contribution < 1.29 is 69.7 Å². The summed E-state index contributed by atoms with van der Waals surface area (Å²) in [5.41, 5.74) is 0. The van der Waals surface area contributed by atoms with Crippen LogP contribution in [-0.2, 0) is 23.7 Å². The molecule has 0 amide bonds. The Labute approximate surface area is 202 Å². The lowest BCUT2D eigenvalue weighted by Gasteiger charge is -2.43. The molecule has 206 valence electrons. The molecule has 0 aliphatic carbocycles. The zero-order valence-electron chi connectivity index (χ0n) is 19.5. The minimum absolute atomic E-state index is 0.0993. The van der Waals surface area contributed by atoms with E-state index >= 15 is 0 Å². The first-order valence-electron chi connectivity index (χ1n) is 11.7. The molecule has 2 heterocycles. The Morgan fingerprint density at radius 1 is 0.943 bits per heavy atom. The molecule has 2 saturated heterocycles. The zero-order valence-corrected chi connectivity index (χ0v) is 19.5. The minimum atomic E-state index is -2.31. The molecule has 0 aromatic rings. The maximum atomic E-state index is 12.0. The molecule has 0 spiro atoms. The molecule has 0 radical (unpaired) electrons. The van der Waals surface area contributed by atoms with Crippen LogP contribution in [0.15, 0.2) is 0 Å². The van der Waals surface area contributed by atoms with E-state index in [2.05, 4.69) is 0 Å². The molecule has 0 bridgehead atoms. The number of carbonyl (C=O) groups is 1. The quantitative estimate of drug-likeness (QED) is 0.106. The number of esters is 1. The first kappa shape index (κ1) is 30.2. The maximum absolute atomic E-state index is 12.0. The normalized spacial score (nSPS) is 39.4. The van der Waals surface area contributed by atoms with Crippen molar-refractivity contribution in [1.82, 2.24) is 0 Å². The predicted molar refractivity (Wildman–Crippen MR) is 113 cm³/mol. The number of ether oxygens (including phenoxy) is 4. The Morgan fingerprint density at radius 2 is 1.60 bits per heavy atom. The van der Waals surface area contributed by atoms with E-state index in [9.17, 15) is 50.8 Å². The topological polar surface area (TPSA) is 236 Å². The summed E-state index contributed by atoms with van der Waals surface area (Å²) >= 11 is 0. The number of hydrogen-bond donors (Lipinski definition) is 9. The molecule has 9 N–H and O–H groups in total. The molecule has 5 unspecified atom stereocenters. The van der Waals surface area contributed by atoms with Crippen LogP contribution in [0.2, 0.25) is 0 Å². The Hall–Kier alpha value is -1.01. The summed E-state index contributed by atoms with van der Waals surface area (Å²) in [6.07, 6.45) is -13.8. The lowest BCUT2D eigenvalue weighted by Crippen LogP contribution is -2.62. The smallest absolute Gasteiger partial charge is 0.305 e. The second kappa shape index (κ2) is 13.5. The van der Waals surface area contributed by atoms with Crippen molar-refractivity contribution in [2.24, 2.45) is 0 Å². The van der Waals surface area contributed by atoms with Crippen molar-refractivity contribution in [3.8, 4) is 0 Å². The van der Waals surface area contributed by atoms with Crippen LogP contribution < -0.4 is 0 Å². The van der Waals surface area contributed by atoms with E-state index in [1.165, 1.54) is 0 Å². The van der Waals surface area contributed by atoms with Gasteiger partial charge in [0.15, 0.2) is 6.29 Å². The predicted octanol–water partition coefficient (Wildman–Crippen LogP) is -4.15. The fraction of sp³-hybridized carbons (Fsp3) is 0.952. The SMILES string of the molecule is CCCC(O)C(O)CCCC(=O)OCC1O[C@H](O[C@]2(CO)O[C@H](CO)[C@H](O)C2O)C(O)[C@@H](O)[C@@H]1O. The number of hydrogen-bond acceptors (Lipinski definition) is 14. The number of aliphatic hydroxyl groups is 9. The molecule has 0 aromatic carbocycles. The highest BCUT2D eigenvalue weighted by Crippen LogP contribution is 2.36. The molecule has 14 nitrogen and oxygen atoms in total. The van der Waals surface area contributed by atoms with Gasteiger partial charge in [-0.1, -0.05) is 13.3 Å². The molecular formula is C21H38O14. The van der Waals surface area contributed by atoms with E-state index in [-0.39, 0.29) is 19.3 Å². The van der Waals surface area contributed by atoms with Crippen LogP contribution in [0.3, 0.4) is 0 Å². The third-order valence-electron chi connectivity index (χ3n) is 6.21. The second-order valence-corrected chi connectivity index (χ2v) is 8.88. The van der Waals surface area contributed by atoms with Crippen molar-refractivity contribution in [1.29, 1.82) is 0 Å². The highest BCUT2D eigenvalue weighted by atomic mass is 16.8. The Bertz CT molecular complexity index is 652. The fourth-order valence-electron chi connectivity index (χ4n) is 4.00. The largest absolute Gasteiger partial charge is 0.463 e. The molecule has 11 atom stereocenters. The number of rotatable bonds is 13. The monoisotopic (exact) mass is 514 g/mol. The average Bonchev–Trinajstić information content (AvgIpc) is 3.08. The van der Waals surface area contributed by atoms with Gasteiger partial charge in [-0.05, 0) is 19.3 Å². The molecule has 2 aliphatic rings. The number of carbonyl (C=O) groups excluding carboxylic acids is 1. The van der Waals surface area contributed by atoms with E-state index in [0.29, 0.717) is 12.8 Å². The van der Waals surface area contributed by atoms with Crippen LogP contribution in [0.4, 0.5) is 0 Å². The Balaban J connectivity index is 1.92. The lowest BCUT2D eigenvalue weighted by atomic mass is 9.99. The van der Waals surface area contributed by atoms with Crippen LogP contribution >= 0.6 is 0 Å². The first-order valence-corrected chi connectivity index (χ1v) is 11.7. The summed E-state index contributed by atoms with van der Waals surface area (Å²) in [5, 5.41) is 89.4. The third kappa shape index (κ3) is 7.28. The maximum Gasteiger partial charge on any atom is 0.305 e. The van der Waals surface area contributed by atoms with Gasteiger partial charge in [-0.25, -0.2) is 0 Å². The zero-order chi connectivity index (χ0) is 26.3. The highest BCUT2D eigenvalue weighted by Gasteiger charge is 2.58. The average molecular weight is 515 g/mol. The van der Waals surface area contributed by atoms with Crippen LogP contribution in [0.25, 0.3) is 0 Å². The minimum Gasteiger partial charge on any atom is -0.463 e. The van der Waals surface area contributed by atoms with Crippen molar-refractivity contribution in [2.45, 2.75) is 106 Å². The van der Waals surface area contributed by atoms with E-state index < -0.39 is 92.8 Å². The van der Waals surface area contributed by atoms with Gasteiger partial charge in [0.2, 0.25) is 5.79 Å². The van der Waals surface area contributed by atoms with Crippen molar-refractivity contribution >= 4 is 5.97 Å². The molecular weight excluding hydrogens is 476 g/mol. The van der Waals surface area contributed by atoms with Crippen LogP contribution in [0.5, 0.6) is 0 Å². The summed E-state index contributed by atoms with van der Waals surface area (Å²) < 4.78 is 21.1. The summed E-state index contributed by atoms with van der Waals surface area (Å²) in [6.45, 7) is -0.429. The van der Waals surface area contributed by atoms with Crippen LogP contribution in [0.1, 0.15) is 39.0 Å². The third-order valence-corrected chi connectivity index (χ3v) is 6.21. The van der Waals surface area contributed by atoms with Gasteiger partial charge in [0, 0.05) is 6.42 Å². The number of aliphatic hydroxyl groups excluding tert-OH is 9. The summed E-state index contributed by atoms with van der Waals surface area (Å²) in [4.78, 5) is 12.0. The molecule has 0 saturated carbocycles. The molecule has 2 rings (SSSR count). The van der Waals surface area contributed by atoms with Crippen molar-refractivity contribution in [3.63, 3.8) is 0 Å². The van der Waals surface area contributed by atoms with Crippen LogP contribution in [0, 0.1) is 0 Å². The van der Waals surface area contributed by atoms with Gasteiger partial charge in [-0.2, -0.15) is 0 Å². The van der Waals surface area contributed by atoms with E-state index in [0.717, 1.165) is 0 Å². The molecule has 35 heavy (non-hydrogen) atoms. The molecule has 2 fully saturated rings. The van der Waals surface area contributed by atoms with Gasteiger partial charge in [0.05, 0.1) is 18.8 Å². The second-order valence-electron chi connectivity index (χ2n) is 8.88. The molecule has 14 heteroatoms. The van der Waals surface area contributed by atoms with Gasteiger partial charge in [0.25, 0.3) is 0 Å². The first-order chi connectivity index (χ1) is 16.5. The fourth-order valence-corrected chi connectivity index (χ4v) is 4.00. The molecule has 0 aromatic heterocycles. The van der Waals surface area contributed by atoms with Gasteiger partial charge < -0.3 is 64.9 Å². The van der Waals surface area contributed by atoms with Gasteiger partial charge in [-0.3, -0.25) is 4.79 Å². The van der Waals surface area contributed by atoms with Crippen LogP contribution in [-0.4, -0.2) is 139 Å². The van der Waals surface area contributed by atoms with Gasteiger partial charge >= 0.3 is 5.97 Å². The van der Waals surface area contributed by atoms with Gasteiger partial charge in [-0.15, -0.1) is 0 Å². The summed E-state index contributed by atoms with van der Waals surface area (Å²) in [5.74, 6) is -3.02. The summed E-state index contributed by atoms with van der Waals surface area (Å²) in [6, 6.07) is 0. The lowest BCUT2D eigenvalue weighted by molar-refractivity contribution is -0.383. The Kier molecular flexibility index (Phi) is 11.7. The highest BCUT2D eigenvalue weighted by molar-refractivity contribution is 5.69. The Morgan fingerprint density at radius 3 is 2.17 bits per heavy atom. The van der Waals surface area contributed by atoms with E-state index in [1.54, 1.807) is 0 Å². The van der Waals surface area contributed by atoms with E-state index in [4.69, 9.17) is 18.9 Å². The van der Waals surface area contributed by atoms with Crippen molar-refractivity contribution in [3.05, 3.63) is 0 Å².